The molecular formula is C17H19NO3. The summed E-state index contributed by atoms with van der Waals surface area (Å²) in [7, 11) is 0. The molecule has 2 aromatic carbocycles. The van der Waals surface area contributed by atoms with Gasteiger partial charge in [0, 0.05) is 6.92 Å². The Morgan fingerprint density at radius 2 is 1.90 bits per heavy atom. The number of aryl methyl sites for hydroxylation is 1. The van der Waals surface area contributed by atoms with Gasteiger partial charge in [-0.2, -0.15) is 0 Å². The number of benzene rings is 2. The molecule has 1 amide bonds. The average molecular weight is 285 g/mol. The molecule has 0 bridgehead atoms. The number of hydrogen-bond acceptors (Lipinski definition) is 3. The summed E-state index contributed by atoms with van der Waals surface area (Å²) in [5.74, 6) is 0.395. The van der Waals surface area contributed by atoms with Crippen molar-refractivity contribution in [1.82, 2.24) is 5.06 Å². The Kier molecular flexibility index (Phi) is 4.95. The number of hydroxylamine groups is 2. The van der Waals surface area contributed by atoms with Gasteiger partial charge < -0.3 is 4.74 Å². The number of carbonyl (C=O) groups excluding carboxylic acids is 1. The quantitative estimate of drug-likeness (QED) is 0.677. The van der Waals surface area contributed by atoms with Crippen LogP contribution in [-0.2, 0) is 17.9 Å². The van der Waals surface area contributed by atoms with Gasteiger partial charge in [0.1, 0.15) is 12.4 Å². The third-order valence-corrected chi connectivity index (χ3v) is 3.25. The minimum Gasteiger partial charge on any atom is -0.489 e. The highest BCUT2D eigenvalue weighted by Crippen LogP contribution is 2.19. The Labute approximate surface area is 124 Å². The largest absolute Gasteiger partial charge is 0.489 e. The van der Waals surface area contributed by atoms with Crippen molar-refractivity contribution in [3.05, 3.63) is 65.2 Å². The maximum Gasteiger partial charge on any atom is 0.243 e. The van der Waals surface area contributed by atoms with E-state index in [1.807, 2.05) is 55.5 Å². The van der Waals surface area contributed by atoms with E-state index in [1.54, 1.807) is 0 Å². The zero-order valence-electron chi connectivity index (χ0n) is 12.2. The van der Waals surface area contributed by atoms with Crippen LogP contribution in [0.25, 0.3) is 0 Å². The van der Waals surface area contributed by atoms with Gasteiger partial charge in [0.05, 0.1) is 6.54 Å². The van der Waals surface area contributed by atoms with Gasteiger partial charge in [-0.1, -0.05) is 36.4 Å². The third-order valence-electron chi connectivity index (χ3n) is 3.25. The van der Waals surface area contributed by atoms with Gasteiger partial charge in [0.25, 0.3) is 0 Å². The van der Waals surface area contributed by atoms with Crippen molar-refractivity contribution in [2.24, 2.45) is 0 Å². The zero-order valence-corrected chi connectivity index (χ0v) is 12.2. The molecule has 0 fully saturated rings. The fourth-order valence-corrected chi connectivity index (χ4v) is 1.95. The smallest absolute Gasteiger partial charge is 0.243 e. The van der Waals surface area contributed by atoms with Crippen molar-refractivity contribution in [2.75, 3.05) is 0 Å². The van der Waals surface area contributed by atoms with Crippen LogP contribution in [0.1, 0.15) is 23.6 Å². The first-order valence-electron chi connectivity index (χ1n) is 6.79. The predicted molar refractivity (Wildman–Crippen MR) is 80.0 cm³/mol. The molecule has 0 saturated heterocycles. The van der Waals surface area contributed by atoms with Gasteiger partial charge >= 0.3 is 0 Å². The maximum atomic E-state index is 11.0. The van der Waals surface area contributed by atoms with Crippen molar-refractivity contribution in [3.8, 4) is 5.75 Å². The first kappa shape index (κ1) is 15.1. The van der Waals surface area contributed by atoms with Gasteiger partial charge in [-0.3, -0.25) is 10.0 Å². The monoisotopic (exact) mass is 285 g/mol. The lowest BCUT2D eigenvalue weighted by molar-refractivity contribution is -0.165. The van der Waals surface area contributed by atoms with E-state index in [0.29, 0.717) is 11.7 Å². The van der Waals surface area contributed by atoms with Crippen LogP contribution in [0.15, 0.2) is 48.5 Å². The van der Waals surface area contributed by atoms with E-state index < -0.39 is 0 Å². The van der Waals surface area contributed by atoms with Gasteiger partial charge in [0.15, 0.2) is 0 Å². The highest BCUT2D eigenvalue weighted by molar-refractivity contribution is 5.71. The predicted octanol–water partition coefficient (Wildman–Crippen LogP) is 3.31. The molecule has 21 heavy (non-hydrogen) atoms. The molecule has 110 valence electrons. The van der Waals surface area contributed by atoms with E-state index in [-0.39, 0.29) is 12.5 Å². The summed E-state index contributed by atoms with van der Waals surface area (Å²) < 4.78 is 5.74. The molecule has 0 aliphatic heterocycles. The first-order chi connectivity index (χ1) is 10.1. The molecule has 0 saturated carbocycles. The second-order valence-electron chi connectivity index (χ2n) is 4.94. The summed E-state index contributed by atoms with van der Waals surface area (Å²) in [5.41, 5.74) is 2.97. The van der Waals surface area contributed by atoms with Crippen LogP contribution in [0, 0.1) is 6.92 Å². The van der Waals surface area contributed by atoms with E-state index in [2.05, 4.69) is 0 Å². The fourth-order valence-electron chi connectivity index (χ4n) is 1.95. The Hall–Kier alpha value is -2.33. The summed E-state index contributed by atoms with van der Waals surface area (Å²) >= 11 is 0. The van der Waals surface area contributed by atoms with Crippen LogP contribution in [0.2, 0.25) is 0 Å². The van der Waals surface area contributed by atoms with Crippen molar-refractivity contribution < 1.29 is 14.7 Å². The first-order valence-corrected chi connectivity index (χ1v) is 6.79. The zero-order chi connectivity index (χ0) is 15.2. The number of nitrogens with zero attached hydrogens (tertiary/aromatic N) is 1. The molecule has 0 unspecified atom stereocenters. The fraction of sp³-hybridized carbons (Fsp3) is 0.235. The SMILES string of the molecule is CC(=O)N(O)Cc1ccc(OCc2ccccc2)cc1C. The lowest BCUT2D eigenvalue weighted by atomic mass is 10.1. The Morgan fingerprint density at radius 1 is 1.19 bits per heavy atom. The molecule has 2 aromatic rings. The number of ether oxygens (including phenoxy) is 1. The normalized spacial score (nSPS) is 10.2. The molecule has 4 heteroatoms. The van der Waals surface area contributed by atoms with E-state index >= 15 is 0 Å². The van der Waals surface area contributed by atoms with Crippen LogP contribution in [0.5, 0.6) is 5.75 Å². The third kappa shape index (κ3) is 4.33. The highest BCUT2D eigenvalue weighted by Gasteiger charge is 2.08. The summed E-state index contributed by atoms with van der Waals surface area (Å²) in [6, 6.07) is 15.6. The van der Waals surface area contributed by atoms with Crippen molar-refractivity contribution in [2.45, 2.75) is 27.0 Å². The number of hydrogen-bond donors (Lipinski definition) is 1. The molecule has 0 aliphatic rings. The highest BCUT2D eigenvalue weighted by atomic mass is 16.5. The maximum absolute atomic E-state index is 11.0. The van der Waals surface area contributed by atoms with Gasteiger partial charge in [0.2, 0.25) is 5.91 Å². The second kappa shape index (κ2) is 6.90. The molecular weight excluding hydrogens is 266 g/mol. The molecule has 0 spiro atoms. The molecule has 4 nitrogen and oxygen atoms in total. The van der Waals surface area contributed by atoms with Gasteiger partial charge in [-0.15, -0.1) is 0 Å². The molecule has 0 heterocycles. The standard InChI is InChI=1S/C17H19NO3/c1-13-10-17(21-12-15-6-4-3-5-7-15)9-8-16(13)11-18(20)14(2)19/h3-10,20H,11-12H2,1-2H3. The summed E-state index contributed by atoms with van der Waals surface area (Å²) in [6.45, 7) is 3.95. The minimum absolute atomic E-state index is 0.181. The number of amides is 1. The van der Waals surface area contributed by atoms with E-state index in [0.717, 1.165) is 22.4 Å². The summed E-state index contributed by atoms with van der Waals surface area (Å²) in [6.07, 6.45) is 0. The second-order valence-corrected chi connectivity index (χ2v) is 4.94. The Balaban J connectivity index is 2.00. The molecule has 2 rings (SSSR count). The lowest BCUT2D eigenvalue weighted by Crippen LogP contribution is -2.24. The molecule has 0 aromatic heterocycles. The number of rotatable bonds is 5. The van der Waals surface area contributed by atoms with Crippen molar-refractivity contribution >= 4 is 5.91 Å². The molecule has 0 radical (unpaired) electrons. The van der Waals surface area contributed by atoms with E-state index in [1.165, 1.54) is 6.92 Å². The van der Waals surface area contributed by atoms with E-state index in [4.69, 9.17) is 4.74 Å². The summed E-state index contributed by atoms with van der Waals surface area (Å²) in [5, 5.41) is 10.2. The molecule has 0 aliphatic carbocycles. The molecule has 0 atom stereocenters. The topological polar surface area (TPSA) is 49.8 Å². The minimum atomic E-state index is -0.376. The van der Waals surface area contributed by atoms with Gasteiger partial charge in [-0.05, 0) is 35.7 Å². The van der Waals surface area contributed by atoms with Crippen molar-refractivity contribution in [3.63, 3.8) is 0 Å². The Morgan fingerprint density at radius 3 is 2.52 bits per heavy atom. The van der Waals surface area contributed by atoms with Gasteiger partial charge in [-0.25, -0.2) is 5.06 Å². The van der Waals surface area contributed by atoms with E-state index in [9.17, 15) is 10.0 Å². The van der Waals surface area contributed by atoms with Crippen LogP contribution in [-0.4, -0.2) is 16.2 Å². The Bertz CT molecular complexity index is 611. The van der Waals surface area contributed by atoms with Crippen LogP contribution in [0.4, 0.5) is 0 Å². The summed E-state index contributed by atoms with van der Waals surface area (Å²) in [4.78, 5) is 11.0. The number of carbonyl (C=O) groups is 1. The lowest BCUT2D eigenvalue weighted by Gasteiger charge is -2.15. The van der Waals surface area contributed by atoms with Crippen LogP contribution < -0.4 is 4.74 Å². The van der Waals surface area contributed by atoms with Crippen LogP contribution in [0.3, 0.4) is 0 Å². The molecule has 1 N–H and O–H groups in total. The van der Waals surface area contributed by atoms with Crippen LogP contribution >= 0.6 is 0 Å². The van der Waals surface area contributed by atoms with Crippen molar-refractivity contribution in [1.29, 1.82) is 0 Å². The average Bonchev–Trinajstić information content (AvgIpc) is 2.48.